The number of pyridine rings is 1. The monoisotopic (exact) mass is 371 g/mol. The molecule has 0 radical (unpaired) electrons. The number of carbonyl (C=O) groups excluding carboxylic acids is 2. The van der Waals surface area contributed by atoms with Crippen LogP contribution in [0, 0.1) is 0 Å². The number of rotatable bonds is 6. The third kappa shape index (κ3) is 4.08. The van der Waals surface area contributed by atoms with Crippen molar-refractivity contribution in [2.75, 3.05) is 5.32 Å². The molecule has 0 aliphatic heterocycles. The summed E-state index contributed by atoms with van der Waals surface area (Å²) >= 11 is 1.51. The Bertz CT molecular complexity index is 917. The van der Waals surface area contributed by atoms with Crippen LogP contribution in [0.4, 0.5) is 5.69 Å². The number of amides is 2. The molecule has 0 aromatic carbocycles. The fourth-order valence-electron chi connectivity index (χ4n) is 2.74. The Labute approximate surface area is 155 Å². The van der Waals surface area contributed by atoms with E-state index in [2.05, 4.69) is 20.7 Å². The fourth-order valence-corrected chi connectivity index (χ4v) is 3.52. The lowest BCUT2D eigenvalue weighted by Gasteiger charge is -2.16. The number of thiophene rings is 1. The number of hydrogen-bond donors (Lipinski definition) is 2. The van der Waals surface area contributed by atoms with Crippen molar-refractivity contribution in [1.29, 1.82) is 0 Å². The average Bonchev–Trinajstić information content (AvgIpc) is 3.23. The van der Waals surface area contributed by atoms with Crippen LogP contribution in [0.15, 0.2) is 36.0 Å². The molecule has 1 atom stereocenters. The summed E-state index contributed by atoms with van der Waals surface area (Å²) in [5, 5.41) is 12.8. The largest absolute Gasteiger partial charge is 0.348 e. The van der Waals surface area contributed by atoms with Gasteiger partial charge in [-0.25, -0.2) is 9.67 Å². The van der Waals surface area contributed by atoms with Gasteiger partial charge in [-0.1, -0.05) is 6.07 Å². The maximum absolute atomic E-state index is 12.4. The molecule has 0 fully saturated rings. The number of hydrogen-bond acceptors (Lipinski definition) is 5. The molecule has 0 spiro atoms. The number of nitrogens with zero attached hydrogens (tertiary/aromatic N) is 3. The van der Waals surface area contributed by atoms with E-state index in [-0.39, 0.29) is 30.3 Å². The zero-order valence-electron chi connectivity index (χ0n) is 14.9. The first-order chi connectivity index (χ1) is 12.4. The predicted molar refractivity (Wildman–Crippen MR) is 102 cm³/mol. The van der Waals surface area contributed by atoms with Crippen molar-refractivity contribution in [2.24, 2.45) is 0 Å². The third-order valence-corrected chi connectivity index (χ3v) is 4.85. The Morgan fingerprint density at radius 1 is 1.31 bits per heavy atom. The summed E-state index contributed by atoms with van der Waals surface area (Å²) in [6.07, 6.45) is 3.52. The summed E-state index contributed by atoms with van der Waals surface area (Å²) in [6, 6.07) is 5.53. The molecule has 3 aromatic rings. The lowest BCUT2D eigenvalue weighted by molar-refractivity contribution is -0.120. The highest BCUT2D eigenvalue weighted by Crippen LogP contribution is 2.23. The van der Waals surface area contributed by atoms with Crippen LogP contribution in [-0.2, 0) is 9.59 Å². The molecule has 0 aliphatic rings. The molecule has 0 unspecified atom stereocenters. The van der Waals surface area contributed by atoms with Crippen molar-refractivity contribution < 1.29 is 9.59 Å². The van der Waals surface area contributed by atoms with Crippen LogP contribution < -0.4 is 10.6 Å². The van der Waals surface area contributed by atoms with Gasteiger partial charge in [0, 0.05) is 23.2 Å². The van der Waals surface area contributed by atoms with Crippen LogP contribution in [0.25, 0.3) is 11.0 Å². The Kier molecular flexibility index (Phi) is 5.32. The Balaban J connectivity index is 1.72. The Morgan fingerprint density at radius 3 is 2.77 bits per heavy atom. The second kappa shape index (κ2) is 7.65. The molecule has 3 rings (SSSR count). The van der Waals surface area contributed by atoms with Crippen LogP contribution in [0.3, 0.4) is 0 Å². The van der Waals surface area contributed by atoms with Gasteiger partial charge in [0.05, 0.1) is 30.5 Å². The maximum atomic E-state index is 12.4. The lowest BCUT2D eigenvalue weighted by Crippen LogP contribution is -2.29. The van der Waals surface area contributed by atoms with Crippen LogP contribution >= 0.6 is 11.3 Å². The maximum Gasteiger partial charge on any atom is 0.226 e. The van der Waals surface area contributed by atoms with E-state index in [1.54, 1.807) is 12.4 Å². The molecule has 3 heterocycles. The van der Waals surface area contributed by atoms with Gasteiger partial charge in [-0.2, -0.15) is 5.10 Å². The fraction of sp³-hybridized carbons (Fsp3) is 0.333. The minimum absolute atomic E-state index is 0.156. The molecule has 2 amide bonds. The topological polar surface area (TPSA) is 88.9 Å². The second-order valence-corrected chi connectivity index (χ2v) is 7.32. The molecular formula is C18H21N5O2S. The third-order valence-electron chi connectivity index (χ3n) is 3.86. The molecule has 2 N–H and O–H groups in total. The molecule has 136 valence electrons. The molecule has 7 nitrogen and oxygen atoms in total. The smallest absolute Gasteiger partial charge is 0.226 e. The van der Waals surface area contributed by atoms with Crippen molar-refractivity contribution in [1.82, 2.24) is 20.1 Å². The van der Waals surface area contributed by atoms with E-state index >= 15 is 0 Å². The summed E-state index contributed by atoms with van der Waals surface area (Å²) < 4.78 is 1.84. The van der Waals surface area contributed by atoms with Crippen LogP contribution in [0.5, 0.6) is 0 Å². The summed E-state index contributed by atoms with van der Waals surface area (Å²) in [5.74, 6) is -0.352. The van der Waals surface area contributed by atoms with Crippen LogP contribution in [-0.4, -0.2) is 26.6 Å². The minimum atomic E-state index is -0.340. The highest BCUT2D eigenvalue weighted by Gasteiger charge is 2.18. The molecule has 3 aromatic heterocycles. The Hall–Kier alpha value is -2.74. The van der Waals surface area contributed by atoms with E-state index in [1.807, 2.05) is 42.1 Å². The minimum Gasteiger partial charge on any atom is -0.348 e. The number of aromatic nitrogens is 3. The first kappa shape index (κ1) is 18.1. The molecule has 0 saturated heterocycles. The average molecular weight is 371 g/mol. The number of carbonyl (C=O) groups is 2. The van der Waals surface area contributed by atoms with E-state index in [1.165, 1.54) is 18.3 Å². The zero-order chi connectivity index (χ0) is 18.7. The van der Waals surface area contributed by atoms with E-state index in [0.29, 0.717) is 5.69 Å². The van der Waals surface area contributed by atoms with Gasteiger partial charge in [-0.05, 0) is 31.4 Å². The van der Waals surface area contributed by atoms with Gasteiger partial charge >= 0.3 is 0 Å². The highest BCUT2D eigenvalue weighted by molar-refractivity contribution is 7.10. The highest BCUT2D eigenvalue weighted by atomic mass is 32.1. The first-order valence-corrected chi connectivity index (χ1v) is 9.25. The van der Waals surface area contributed by atoms with Gasteiger partial charge in [0.1, 0.15) is 0 Å². The van der Waals surface area contributed by atoms with Gasteiger partial charge in [0.15, 0.2) is 5.65 Å². The SMILES string of the molecule is CC(=O)N[C@H](CC(=O)Nc1cnc2c(cnn2C(C)C)c1)c1cccs1. The molecule has 0 aliphatic carbocycles. The first-order valence-electron chi connectivity index (χ1n) is 8.37. The van der Waals surface area contributed by atoms with Gasteiger partial charge in [-0.3, -0.25) is 9.59 Å². The second-order valence-electron chi connectivity index (χ2n) is 6.34. The summed E-state index contributed by atoms with van der Waals surface area (Å²) in [4.78, 5) is 29.2. The predicted octanol–water partition coefficient (Wildman–Crippen LogP) is 3.28. The summed E-state index contributed by atoms with van der Waals surface area (Å²) in [6.45, 7) is 5.52. The quantitative estimate of drug-likeness (QED) is 0.696. The zero-order valence-corrected chi connectivity index (χ0v) is 15.7. The Morgan fingerprint density at radius 2 is 2.12 bits per heavy atom. The van der Waals surface area contributed by atoms with Gasteiger partial charge in [0.2, 0.25) is 11.8 Å². The van der Waals surface area contributed by atoms with Gasteiger partial charge in [-0.15, -0.1) is 11.3 Å². The number of nitrogens with one attached hydrogen (secondary N) is 2. The van der Waals surface area contributed by atoms with Crippen LogP contribution in [0.1, 0.15) is 44.2 Å². The molecule has 0 saturated carbocycles. The summed E-state index contributed by atoms with van der Waals surface area (Å²) in [7, 11) is 0. The normalized spacial score (nSPS) is 12.3. The van der Waals surface area contributed by atoms with E-state index in [0.717, 1.165) is 15.9 Å². The van der Waals surface area contributed by atoms with E-state index < -0.39 is 0 Å². The molecular weight excluding hydrogens is 350 g/mol. The molecule has 0 bridgehead atoms. The molecule has 26 heavy (non-hydrogen) atoms. The standard InChI is InChI=1S/C18H21N5O2S/c1-11(2)23-18-13(9-20-23)7-14(10-19-18)22-17(25)8-15(21-12(3)24)16-5-4-6-26-16/h4-7,9-11,15H,8H2,1-3H3,(H,21,24)(H,22,25)/t15-/m1/s1. The van der Waals surface area contributed by atoms with Crippen LogP contribution in [0.2, 0.25) is 0 Å². The van der Waals surface area contributed by atoms with Crippen molar-refractivity contribution in [3.05, 3.63) is 40.8 Å². The molecule has 8 heteroatoms. The summed E-state index contributed by atoms with van der Waals surface area (Å²) in [5.41, 5.74) is 1.39. The van der Waals surface area contributed by atoms with E-state index in [9.17, 15) is 9.59 Å². The van der Waals surface area contributed by atoms with Gasteiger partial charge in [0.25, 0.3) is 0 Å². The van der Waals surface area contributed by atoms with Crippen molar-refractivity contribution in [3.63, 3.8) is 0 Å². The van der Waals surface area contributed by atoms with Gasteiger partial charge < -0.3 is 10.6 Å². The lowest BCUT2D eigenvalue weighted by atomic mass is 10.1. The van der Waals surface area contributed by atoms with Crippen molar-refractivity contribution >= 4 is 39.9 Å². The van der Waals surface area contributed by atoms with Crippen molar-refractivity contribution in [2.45, 2.75) is 39.3 Å². The van der Waals surface area contributed by atoms with Crippen molar-refractivity contribution in [3.8, 4) is 0 Å². The van der Waals surface area contributed by atoms with E-state index in [4.69, 9.17) is 0 Å². The number of fused-ring (bicyclic) bond motifs is 1. The number of anilines is 1.